The van der Waals surface area contributed by atoms with Gasteiger partial charge in [0.05, 0.1) is 26.4 Å². The zero-order chi connectivity index (χ0) is 17.6. The molecule has 1 aromatic carbocycles. The zero-order valence-electron chi connectivity index (χ0n) is 15.6. The van der Waals surface area contributed by atoms with Crippen LogP contribution in [0.4, 0.5) is 0 Å². The molecule has 3 heterocycles. The Balaban J connectivity index is 1.42. The van der Waals surface area contributed by atoms with Crippen LogP contribution in [0, 0.1) is 11.8 Å². The number of hydrogen-bond donors (Lipinski definition) is 0. The lowest BCUT2D eigenvalue weighted by Gasteiger charge is -2.32. The van der Waals surface area contributed by atoms with Gasteiger partial charge in [-0.2, -0.15) is 0 Å². The Bertz CT molecular complexity index is 821. The molecule has 2 atom stereocenters. The standard InChI is InChI=1S/C19H25BN2O2S/c1-18(2)19(3,4)24-20(23-18)11-6-7-15-14(8-11)21-17(25-15)16-12-9-22(5)10-13(12)16/h6-8,12-13,16H,9-10H2,1-5H3. The summed E-state index contributed by atoms with van der Waals surface area (Å²) in [6, 6.07) is 6.47. The van der Waals surface area contributed by atoms with E-state index in [2.05, 4.69) is 57.8 Å². The lowest BCUT2D eigenvalue weighted by Crippen LogP contribution is -2.41. The molecule has 2 saturated heterocycles. The maximum Gasteiger partial charge on any atom is 0.494 e. The third kappa shape index (κ3) is 2.41. The van der Waals surface area contributed by atoms with Crippen LogP contribution < -0.4 is 5.46 Å². The van der Waals surface area contributed by atoms with Gasteiger partial charge in [0.1, 0.15) is 0 Å². The number of thiazole rings is 1. The number of hydrogen-bond acceptors (Lipinski definition) is 5. The van der Waals surface area contributed by atoms with Crippen LogP contribution in [0.5, 0.6) is 0 Å². The number of rotatable bonds is 2. The molecule has 0 amide bonds. The minimum Gasteiger partial charge on any atom is -0.399 e. The van der Waals surface area contributed by atoms with Crippen LogP contribution in [0.1, 0.15) is 38.6 Å². The van der Waals surface area contributed by atoms with Crippen molar-refractivity contribution in [3.63, 3.8) is 0 Å². The highest BCUT2D eigenvalue weighted by Gasteiger charge is 2.57. The molecule has 4 nitrogen and oxygen atoms in total. The van der Waals surface area contributed by atoms with Crippen LogP contribution >= 0.6 is 11.3 Å². The van der Waals surface area contributed by atoms with Gasteiger partial charge in [-0.15, -0.1) is 11.3 Å². The van der Waals surface area contributed by atoms with E-state index in [0.29, 0.717) is 5.92 Å². The van der Waals surface area contributed by atoms with E-state index in [0.717, 1.165) is 22.8 Å². The summed E-state index contributed by atoms with van der Waals surface area (Å²) >= 11 is 1.87. The fraction of sp³-hybridized carbons (Fsp3) is 0.632. The summed E-state index contributed by atoms with van der Waals surface area (Å²) in [7, 11) is 1.91. The van der Waals surface area contributed by atoms with Gasteiger partial charge >= 0.3 is 7.12 Å². The summed E-state index contributed by atoms with van der Waals surface area (Å²) in [4.78, 5) is 7.42. The van der Waals surface area contributed by atoms with Crippen molar-refractivity contribution >= 4 is 34.1 Å². The van der Waals surface area contributed by atoms with Gasteiger partial charge in [-0.1, -0.05) is 6.07 Å². The Morgan fingerprint density at radius 1 is 1.12 bits per heavy atom. The van der Waals surface area contributed by atoms with Crippen molar-refractivity contribution in [1.29, 1.82) is 0 Å². The maximum atomic E-state index is 6.19. The van der Waals surface area contributed by atoms with Crippen LogP contribution in [0.3, 0.4) is 0 Å². The first-order valence-electron chi connectivity index (χ1n) is 9.20. The van der Waals surface area contributed by atoms with Crippen LogP contribution in [0.2, 0.25) is 0 Å². The molecule has 1 saturated carbocycles. The number of piperidine rings is 1. The first kappa shape index (κ1) is 16.2. The lowest BCUT2D eigenvalue weighted by molar-refractivity contribution is 0.00578. The molecule has 2 unspecified atom stereocenters. The summed E-state index contributed by atoms with van der Waals surface area (Å²) < 4.78 is 13.6. The van der Waals surface area contributed by atoms with Crippen molar-refractivity contribution < 1.29 is 9.31 Å². The van der Waals surface area contributed by atoms with E-state index < -0.39 is 0 Å². The summed E-state index contributed by atoms with van der Waals surface area (Å²) in [5.41, 5.74) is 1.54. The summed E-state index contributed by atoms with van der Waals surface area (Å²) in [5.74, 6) is 2.34. The highest BCUT2D eigenvalue weighted by atomic mass is 32.1. The van der Waals surface area contributed by atoms with E-state index in [9.17, 15) is 0 Å². The fourth-order valence-electron chi connectivity index (χ4n) is 4.33. The van der Waals surface area contributed by atoms with Gasteiger partial charge in [-0.3, -0.25) is 0 Å². The molecule has 1 aliphatic carbocycles. The molecule has 0 bridgehead atoms. The van der Waals surface area contributed by atoms with Crippen LogP contribution in [-0.4, -0.2) is 48.3 Å². The third-order valence-electron chi connectivity index (χ3n) is 6.62. The van der Waals surface area contributed by atoms with Crippen LogP contribution in [-0.2, 0) is 9.31 Å². The molecule has 6 heteroatoms. The van der Waals surface area contributed by atoms with E-state index in [-0.39, 0.29) is 18.3 Å². The SMILES string of the molecule is CN1CC2C(C1)C2c1nc2cc(B3OC(C)(C)C(C)(C)O3)ccc2s1. The molecule has 3 fully saturated rings. The van der Waals surface area contributed by atoms with E-state index in [1.807, 2.05) is 11.3 Å². The van der Waals surface area contributed by atoms with Crippen molar-refractivity contribution in [2.24, 2.45) is 11.8 Å². The second kappa shape index (κ2) is 5.06. The van der Waals surface area contributed by atoms with E-state index in [1.54, 1.807) is 0 Å². The van der Waals surface area contributed by atoms with Gasteiger partial charge in [-0.05, 0) is 64.2 Å². The predicted molar refractivity (Wildman–Crippen MR) is 103 cm³/mol. The molecule has 0 radical (unpaired) electrons. The van der Waals surface area contributed by atoms with Crippen molar-refractivity contribution in [3.8, 4) is 0 Å². The predicted octanol–water partition coefficient (Wildman–Crippen LogP) is 2.87. The Hall–Kier alpha value is -0.945. The van der Waals surface area contributed by atoms with E-state index >= 15 is 0 Å². The first-order valence-corrected chi connectivity index (χ1v) is 10.0. The number of fused-ring (bicyclic) bond motifs is 2. The molecule has 3 aliphatic rings. The Morgan fingerprint density at radius 2 is 1.76 bits per heavy atom. The topological polar surface area (TPSA) is 34.6 Å². The Morgan fingerprint density at radius 3 is 2.40 bits per heavy atom. The molecular formula is C19H25BN2O2S. The maximum absolute atomic E-state index is 6.19. The fourth-order valence-corrected chi connectivity index (χ4v) is 5.53. The second-order valence-electron chi connectivity index (χ2n) is 8.94. The highest BCUT2D eigenvalue weighted by Crippen LogP contribution is 2.58. The number of nitrogens with zero attached hydrogens (tertiary/aromatic N) is 2. The number of aromatic nitrogens is 1. The Labute approximate surface area is 153 Å². The lowest BCUT2D eigenvalue weighted by atomic mass is 9.79. The van der Waals surface area contributed by atoms with Gasteiger partial charge in [0.2, 0.25) is 0 Å². The second-order valence-corrected chi connectivity index (χ2v) is 10.0. The molecule has 1 aromatic heterocycles. The first-order chi connectivity index (χ1) is 11.7. The van der Waals surface area contributed by atoms with Crippen LogP contribution in [0.25, 0.3) is 10.2 Å². The molecule has 2 aliphatic heterocycles. The largest absolute Gasteiger partial charge is 0.494 e. The Kier molecular flexibility index (Phi) is 3.29. The molecule has 0 spiro atoms. The number of likely N-dealkylation sites (tertiary alicyclic amines) is 1. The third-order valence-corrected chi connectivity index (χ3v) is 7.75. The van der Waals surface area contributed by atoms with Crippen molar-refractivity contribution in [3.05, 3.63) is 23.2 Å². The zero-order valence-corrected chi connectivity index (χ0v) is 16.4. The summed E-state index contributed by atoms with van der Waals surface area (Å²) in [6.07, 6.45) is 0. The molecule has 2 aromatic rings. The molecule has 5 rings (SSSR count). The van der Waals surface area contributed by atoms with Crippen molar-refractivity contribution in [2.45, 2.75) is 44.8 Å². The van der Waals surface area contributed by atoms with Gasteiger partial charge in [0.15, 0.2) is 0 Å². The highest BCUT2D eigenvalue weighted by molar-refractivity contribution is 7.18. The van der Waals surface area contributed by atoms with Gasteiger partial charge < -0.3 is 14.2 Å². The average Bonchev–Trinajstić information content (AvgIpc) is 2.86. The van der Waals surface area contributed by atoms with E-state index in [4.69, 9.17) is 14.3 Å². The number of benzene rings is 1. The molecule has 132 valence electrons. The van der Waals surface area contributed by atoms with Crippen molar-refractivity contribution in [2.75, 3.05) is 20.1 Å². The summed E-state index contributed by atoms with van der Waals surface area (Å²) in [6.45, 7) is 10.8. The molecule has 25 heavy (non-hydrogen) atoms. The minimum absolute atomic E-state index is 0.308. The molecular weight excluding hydrogens is 331 g/mol. The average molecular weight is 356 g/mol. The smallest absolute Gasteiger partial charge is 0.399 e. The van der Waals surface area contributed by atoms with Crippen molar-refractivity contribution in [1.82, 2.24) is 9.88 Å². The normalized spacial score (nSPS) is 33.2. The van der Waals surface area contributed by atoms with Gasteiger partial charge in [-0.25, -0.2) is 4.98 Å². The minimum atomic E-state index is -0.312. The van der Waals surface area contributed by atoms with Gasteiger partial charge in [0.25, 0.3) is 0 Å². The van der Waals surface area contributed by atoms with Crippen LogP contribution in [0.15, 0.2) is 18.2 Å². The van der Waals surface area contributed by atoms with Gasteiger partial charge in [0, 0.05) is 19.0 Å². The van der Waals surface area contributed by atoms with E-state index in [1.165, 1.54) is 22.8 Å². The summed E-state index contributed by atoms with van der Waals surface area (Å²) in [5, 5.41) is 1.32. The molecule has 0 N–H and O–H groups in total. The quantitative estimate of drug-likeness (QED) is 0.775. The monoisotopic (exact) mass is 356 g/mol.